The maximum Gasteiger partial charge on any atom is 0.314 e. The Morgan fingerprint density at radius 1 is 0.947 bits per heavy atom. The molecule has 0 heterocycles. The van der Waals surface area contributed by atoms with Gasteiger partial charge in [0.05, 0.1) is 11.0 Å². The second kappa shape index (κ2) is 4.97. The predicted molar refractivity (Wildman–Crippen MR) is 59.5 cm³/mol. The Morgan fingerprint density at radius 2 is 1.53 bits per heavy atom. The maximum absolute atomic E-state index is 13.3. The highest BCUT2D eigenvalue weighted by Gasteiger charge is 2.18. The molecule has 4 nitrogen and oxygen atoms in total. The number of halogens is 3. The van der Waals surface area contributed by atoms with Gasteiger partial charge in [0.2, 0.25) is 5.75 Å². The zero-order valence-corrected chi connectivity index (χ0v) is 9.27. The summed E-state index contributed by atoms with van der Waals surface area (Å²) >= 11 is 0. The van der Waals surface area contributed by atoms with Crippen LogP contribution in [0.5, 0.6) is 11.5 Å². The Bertz CT molecular complexity index is 646. The second-order valence-electron chi connectivity index (χ2n) is 3.55. The van der Waals surface area contributed by atoms with Gasteiger partial charge in [-0.1, -0.05) is 0 Å². The molecule has 0 saturated carbocycles. The van der Waals surface area contributed by atoms with Gasteiger partial charge in [-0.15, -0.1) is 0 Å². The smallest absolute Gasteiger partial charge is 0.314 e. The maximum atomic E-state index is 13.3. The van der Waals surface area contributed by atoms with E-state index in [1.165, 1.54) is 0 Å². The van der Waals surface area contributed by atoms with Crippen molar-refractivity contribution >= 4 is 5.69 Å². The minimum Gasteiger partial charge on any atom is -0.447 e. The van der Waals surface area contributed by atoms with E-state index in [1.807, 2.05) is 0 Å². The standard InChI is InChI=1S/C12H6F3NO3/c13-7-1-3-11(9(15)5-7)19-12-4-2-8(14)6-10(12)16(17)18/h1-6H. The molecule has 0 unspecified atom stereocenters. The van der Waals surface area contributed by atoms with Crippen molar-refractivity contribution in [2.24, 2.45) is 0 Å². The molecule has 0 atom stereocenters. The number of rotatable bonds is 3. The Kier molecular flexibility index (Phi) is 3.37. The van der Waals surface area contributed by atoms with Gasteiger partial charge in [0, 0.05) is 6.07 Å². The lowest BCUT2D eigenvalue weighted by atomic mass is 10.2. The Morgan fingerprint density at radius 3 is 2.11 bits per heavy atom. The number of hydrogen-bond donors (Lipinski definition) is 0. The summed E-state index contributed by atoms with van der Waals surface area (Å²) in [5.41, 5.74) is -0.649. The van der Waals surface area contributed by atoms with Crippen LogP contribution in [0.1, 0.15) is 0 Å². The lowest BCUT2D eigenvalue weighted by Crippen LogP contribution is -1.96. The summed E-state index contributed by atoms with van der Waals surface area (Å²) in [5, 5.41) is 10.7. The largest absolute Gasteiger partial charge is 0.447 e. The quantitative estimate of drug-likeness (QED) is 0.629. The molecule has 2 aromatic carbocycles. The first-order valence-corrected chi connectivity index (χ1v) is 5.04. The normalized spacial score (nSPS) is 10.3. The Balaban J connectivity index is 2.40. The van der Waals surface area contributed by atoms with E-state index in [0.717, 1.165) is 24.3 Å². The molecule has 0 aromatic heterocycles. The van der Waals surface area contributed by atoms with E-state index in [1.54, 1.807) is 0 Å². The number of hydrogen-bond acceptors (Lipinski definition) is 3. The zero-order chi connectivity index (χ0) is 14.0. The molecule has 0 N–H and O–H groups in total. The molecule has 0 aliphatic rings. The van der Waals surface area contributed by atoms with Crippen molar-refractivity contribution in [3.8, 4) is 11.5 Å². The predicted octanol–water partition coefficient (Wildman–Crippen LogP) is 3.80. The third-order valence-electron chi connectivity index (χ3n) is 2.23. The zero-order valence-electron chi connectivity index (χ0n) is 9.27. The highest BCUT2D eigenvalue weighted by molar-refractivity contribution is 5.48. The fraction of sp³-hybridized carbons (Fsp3) is 0. The molecule has 2 aromatic rings. The van der Waals surface area contributed by atoms with Crippen LogP contribution in [-0.4, -0.2) is 4.92 Å². The van der Waals surface area contributed by atoms with E-state index in [2.05, 4.69) is 0 Å². The number of benzene rings is 2. The minimum absolute atomic E-state index is 0.336. The number of nitro groups is 1. The van der Waals surface area contributed by atoms with Gasteiger partial charge < -0.3 is 4.74 Å². The van der Waals surface area contributed by atoms with Gasteiger partial charge in [-0.05, 0) is 24.3 Å². The Labute approximate surface area is 105 Å². The van der Waals surface area contributed by atoms with E-state index in [-0.39, 0.29) is 5.75 Å². The third-order valence-corrected chi connectivity index (χ3v) is 2.23. The molecule has 0 saturated heterocycles. The molecule has 7 heteroatoms. The van der Waals surface area contributed by atoms with Gasteiger partial charge in [0.1, 0.15) is 11.6 Å². The van der Waals surface area contributed by atoms with Gasteiger partial charge in [0.25, 0.3) is 0 Å². The van der Waals surface area contributed by atoms with E-state index < -0.39 is 33.8 Å². The molecular weight excluding hydrogens is 263 g/mol. The van der Waals surface area contributed by atoms with Crippen molar-refractivity contribution in [1.29, 1.82) is 0 Å². The van der Waals surface area contributed by atoms with Crippen LogP contribution >= 0.6 is 0 Å². The minimum atomic E-state index is -1.02. The summed E-state index contributed by atoms with van der Waals surface area (Å²) in [5.74, 6) is -3.37. The summed E-state index contributed by atoms with van der Waals surface area (Å²) in [6.07, 6.45) is 0. The van der Waals surface area contributed by atoms with Crippen LogP contribution < -0.4 is 4.74 Å². The molecule has 0 fully saturated rings. The fourth-order valence-electron chi connectivity index (χ4n) is 1.40. The van der Waals surface area contributed by atoms with Gasteiger partial charge in [-0.3, -0.25) is 10.1 Å². The Hall–Kier alpha value is -2.57. The number of nitro benzene ring substituents is 1. The summed E-state index contributed by atoms with van der Waals surface area (Å²) in [7, 11) is 0. The van der Waals surface area contributed by atoms with Crippen molar-refractivity contribution in [2.45, 2.75) is 0 Å². The highest BCUT2D eigenvalue weighted by atomic mass is 19.1. The molecule has 2 rings (SSSR count). The molecule has 0 bridgehead atoms. The van der Waals surface area contributed by atoms with E-state index in [4.69, 9.17) is 4.74 Å². The van der Waals surface area contributed by atoms with Crippen LogP contribution in [0.15, 0.2) is 36.4 Å². The van der Waals surface area contributed by atoms with Crippen LogP contribution in [-0.2, 0) is 0 Å². The molecule has 98 valence electrons. The molecule has 0 aliphatic heterocycles. The fourth-order valence-corrected chi connectivity index (χ4v) is 1.40. The van der Waals surface area contributed by atoms with Crippen LogP contribution in [0.2, 0.25) is 0 Å². The lowest BCUT2D eigenvalue weighted by Gasteiger charge is -2.07. The molecule has 0 aliphatic carbocycles. The molecular formula is C12H6F3NO3. The summed E-state index contributed by atoms with van der Waals surface area (Å²) in [4.78, 5) is 9.85. The molecule has 0 radical (unpaired) electrons. The van der Waals surface area contributed by atoms with E-state index in [9.17, 15) is 23.3 Å². The monoisotopic (exact) mass is 269 g/mol. The van der Waals surface area contributed by atoms with Crippen LogP contribution in [0.4, 0.5) is 18.9 Å². The molecule has 19 heavy (non-hydrogen) atoms. The summed E-state index contributed by atoms with van der Waals surface area (Å²) < 4.78 is 43.9. The average Bonchev–Trinajstić information content (AvgIpc) is 2.34. The van der Waals surface area contributed by atoms with Gasteiger partial charge in [-0.2, -0.15) is 0 Å². The first kappa shape index (κ1) is 12.9. The van der Waals surface area contributed by atoms with E-state index >= 15 is 0 Å². The SMILES string of the molecule is O=[N+]([O-])c1cc(F)ccc1Oc1ccc(F)cc1F. The van der Waals surface area contributed by atoms with Crippen molar-refractivity contribution in [1.82, 2.24) is 0 Å². The summed E-state index contributed by atoms with van der Waals surface area (Å²) in [6, 6.07) is 5.08. The van der Waals surface area contributed by atoms with Crippen molar-refractivity contribution in [3.63, 3.8) is 0 Å². The summed E-state index contributed by atoms with van der Waals surface area (Å²) in [6.45, 7) is 0. The van der Waals surface area contributed by atoms with Crippen LogP contribution in [0, 0.1) is 27.6 Å². The van der Waals surface area contributed by atoms with Gasteiger partial charge in [0.15, 0.2) is 11.6 Å². The molecule has 0 amide bonds. The van der Waals surface area contributed by atoms with Crippen molar-refractivity contribution in [2.75, 3.05) is 0 Å². The van der Waals surface area contributed by atoms with Crippen LogP contribution in [0.3, 0.4) is 0 Å². The van der Waals surface area contributed by atoms with Gasteiger partial charge >= 0.3 is 5.69 Å². The first-order chi connectivity index (χ1) is 8.97. The highest BCUT2D eigenvalue weighted by Crippen LogP contribution is 2.33. The third kappa shape index (κ3) is 2.82. The number of nitrogens with zero attached hydrogens (tertiary/aromatic N) is 1. The first-order valence-electron chi connectivity index (χ1n) is 5.04. The average molecular weight is 269 g/mol. The molecule has 0 spiro atoms. The van der Waals surface area contributed by atoms with Gasteiger partial charge in [-0.25, -0.2) is 13.2 Å². The topological polar surface area (TPSA) is 52.4 Å². The second-order valence-corrected chi connectivity index (χ2v) is 3.55. The number of ether oxygens (including phenoxy) is 1. The van der Waals surface area contributed by atoms with E-state index in [0.29, 0.717) is 12.1 Å². The van der Waals surface area contributed by atoms with Crippen molar-refractivity contribution in [3.05, 3.63) is 64.0 Å². The van der Waals surface area contributed by atoms with Crippen LogP contribution in [0.25, 0.3) is 0 Å². The van der Waals surface area contributed by atoms with Crippen molar-refractivity contribution < 1.29 is 22.8 Å². The lowest BCUT2D eigenvalue weighted by molar-refractivity contribution is -0.385.